The van der Waals surface area contributed by atoms with Gasteiger partial charge in [0.25, 0.3) is 5.91 Å². The van der Waals surface area contributed by atoms with Crippen LogP contribution >= 0.6 is 23.2 Å². The summed E-state index contributed by atoms with van der Waals surface area (Å²) in [6, 6.07) is 19.6. The first kappa shape index (κ1) is 37.3. The fraction of sp³-hybridized carbons (Fsp3) is 0.444. The second-order valence-electron chi connectivity index (χ2n) is 11.8. The lowest BCUT2D eigenvalue weighted by atomic mass is 9.89. The molecule has 0 bridgehead atoms. The van der Waals surface area contributed by atoms with Crippen molar-refractivity contribution < 1.29 is 33.3 Å². The molecular formula is C36H45Cl2NO7. The standard InChI is InChI=1S/C31H33Cl2NO6.C5H12O/c1-4-25(19-39-18-20-8-13-26(37-2)28(16-20)38-3)34-29(21-9-11-23(32)12-10-21)30(22-6-5-7-24(33)17-22)40-27(14-15-35)31(34)36;1-5(2,3)6-4/h5-13,15-17,25,27,29-30H,4,14,18-19H2,1-3H3;1-4H3/t25-,27+,29+,30-;/m0./s1. The Morgan fingerprint density at radius 3 is 2.15 bits per heavy atom. The van der Waals surface area contributed by atoms with E-state index in [-0.39, 0.29) is 30.6 Å². The highest BCUT2D eigenvalue weighted by atomic mass is 35.5. The number of aldehydes is 1. The van der Waals surface area contributed by atoms with E-state index in [9.17, 15) is 9.59 Å². The zero-order chi connectivity index (χ0) is 33.9. The number of hydrogen-bond acceptors (Lipinski definition) is 7. The molecule has 1 aliphatic rings. The molecule has 1 saturated heterocycles. The van der Waals surface area contributed by atoms with Crippen molar-refractivity contribution in [1.29, 1.82) is 0 Å². The topological polar surface area (TPSA) is 83.5 Å². The molecule has 1 amide bonds. The molecule has 10 heteroatoms. The molecule has 1 heterocycles. The Morgan fingerprint density at radius 1 is 0.913 bits per heavy atom. The maximum atomic E-state index is 13.9. The molecule has 3 aromatic rings. The molecule has 0 saturated carbocycles. The maximum Gasteiger partial charge on any atom is 0.253 e. The summed E-state index contributed by atoms with van der Waals surface area (Å²) in [5.41, 5.74) is 2.61. The molecule has 3 aromatic carbocycles. The first-order valence-electron chi connectivity index (χ1n) is 15.2. The van der Waals surface area contributed by atoms with Crippen LogP contribution in [0.3, 0.4) is 0 Å². The molecule has 46 heavy (non-hydrogen) atoms. The summed E-state index contributed by atoms with van der Waals surface area (Å²) in [6.45, 7) is 8.66. The molecule has 0 spiro atoms. The molecule has 0 unspecified atom stereocenters. The van der Waals surface area contributed by atoms with Crippen molar-refractivity contribution in [3.05, 3.63) is 93.5 Å². The van der Waals surface area contributed by atoms with Gasteiger partial charge in [-0.1, -0.05) is 60.5 Å². The number of carbonyl (C=O) groups is 2. The van der Waals surface area contributed by atoms with E-state index in [1.54, 1.807) is 39.5 Å². The van der Waals surface area contributed by atoms with Gasteiger partial charge in [0.2, 0.25) is 0 Å². The summed E-state index contributed by atoms with van der Waals surface area (Å²) in [5, 5.41) is 1.14. The van der Waals surface area contributed by atoms with E-state index in [0.717, 1.165) is 16.7 Å². The van der Waals surface area contributed by atoms with Gasteiger partial charge in [0.05, 0.1) is 45.1 Å². The monoisotopic (exact) mass is 673 g/mol. The number of carbonyl (C=O) groups excluding carboxylic acids is 2. The van der Waals surface area contributed by atoms with Gasteiger partial charge in [0.15, 0.2) is 11.5 Å². The summed E-state index contributed by atoms with van der Waals surface area (Å²) in [4.78, 5) is 27.3. The highest BCUT2D eigenvalue weighted by Crippen LogP contribution is 2.44. The third-order valence-corrected chi connectivity index (χ3v) is 8.12. The highest BCUT2D eigenvalue weighted by Gasteiger charge is 2.46. The van der Waals surface area contributed by atoms with Crippen LogP contribution in [0.5, 0.6) is 11.5 Å². The maximum absolute atomic E-state index is 13.9. The van der Waals surface area contributed by atoms with Crippen LogP contribution in [0.15, 0.2) is 66.7 Å². The summed E-state index contributed by atoms with van der Waals surface area (Å²) >= 11 is 12.6. The number of hydrogen-bond donors (Lipinski definition) is 0. The Kier molecular flexibility index (Phi) is 14.3. The smallest absolute Gasteiger partial charge is 0.253 e. The summed E-state index contributed by atoms with van der Waals surface area (Å²) < 4.78 is 28.2. The zero-order valence-electron chi connectivity index (χ0n) is 27.6. The number of morpholine rings is 1. The number of halogens is 2. The highest BCUT2D eigenvalue weighted by molar-refractivity contribution is 6.30. The third kappa shape index (κ3) is 10.2. The van der Waals surface area contributed by atoms with Gasteiger partial charge in [-0.15, -0.1) is 0 Å². The zero-order valence-corrected chi connectivity index (χ0v) is 29.1. The van der Waals surface area contributed by atoms with Gasteiger partial charge in [-0.2, -0.15) is 0 Å². The van der Waals surface area contributed by atoms with Crippen molar-refractivity contribution in [1.82, 2.24) is 4.90 Å². The number of benzene rings is 3. The molecule has 0 aromatic heterocycles. The van der Waals surface area contributed by atoms with Gasteiger partial charge in [-0.3, -0.25) is 4.79 Å². The largest absolute Gasteiger partial charge is 0.493 e. The molecule has 0 aliphatic carbocycles. The van der Waals surface area contributed by atoms with E-state index < -0.39 is 18.2 Å². The van der Waals surface area contributed by atoms with Crippen molar-refractivity contribution in [3.63, 3.8) is 0 Å². The third-order valence-electron chi connectivity index (χ3n) is 7.63. The SMILES string of the molecule is CC[C@@H](COCc1ccc(OC)c(OC)c1)N1C(=O)[C@@H](CC=O)O[C@@H](c2cccc(Cl)c2)[C@H]1c1ccc(Cl)cc1.COC(C)(C)C. The average molecular weight is 675 g/mol. The lowest BCUT2D eigenvalue weighted by molar-refractivity contribution is -0.182. The molecule has 8 nitrogen and oxygen atoms in total. The number of rotatable bonds is 12. The number of nitrogens with zero attached hydrogens (tertiary/aromatic N) is 1. The fourth-order valence-corrected chi connectivity index (χ4v) is 5.35. The van der Waals surface area contributed by atoms with E-state index in [0.29, 0.717) is 40.9 Å². The van der Waals surface area contributed by atoms with Gasteiger partial charge in [0.1, 0.15) is 18.5 Å². The minimum atomic E-state index is -0.926. The predicted molar refractivity (Wildman–Crippen MR) is 181 cm³/mol. The van der Waals surface area contributed by atoms with E-state index in [2.05, 4.69) is 0 Å². The van der Waals surface area contributed by atoms with Gasteiger partial charge in [-0.05, 0) is 80.3 Å². The Hall–Kier alpha value is -3.14. The summed E-state index contributed by atoms with van der Waals surface area (Å²) in [5.74, 6) is 0.991. The molecule has 1 aliphatic heterocycles. The van der Waals surface area contributed by atoms with Crippen molar-refractivity contribution in [2.75, 3.05) is 27.9 Å². The van der Waals surface area contributed by atoms with E-state index >= 15 is 0 Å². The average Bonchev–Trinajstić information content (AvgIpc) is 3.04. The van der Waals surface area contributed by atoms with Gasteiger partial charge in [0, 0.05) is 23.6 Å². The normalized spacial score (nSPS) is 18.8. The minimum Gasteiger partial charge on any atom is -0.493 e. The quantitative estimate of drug-likeness (QED) is 0.180. The predicted octanol–water partition coefficient (Wildman–Crippen LogP) is 8.04. The number of methoxy groups -OCH3 is 3. The minimum absolute atomic E-state index is 0.0417. The molecule has 0 N–H and O–H groups in total. The second-order valence-corrected chi connectivity index (χ2v) is 12.7. The van der Waals surface area contributed by atoms with Crippen molar-refractivity contribution >= 4 is 35.4 Å². The molecule has 250 valence electrons. The van der Waals surface area contributed by atoms with Crippen LogP contribution < -0.4 is 9.47 Å². The summed E-state index contributed by atoms with van der Waals surface area (Å²) in [6.07, 6.45) is -0.208. The van der Waals surface area contributed by atoms with E-state index in [1.807, 2.05) is 81.1 Å². The van der Waals surface area contributed by atoms with Crippen molar-refractivity contribution in [2.45, 2.75) is 77.0 Å². The van der Waals surface area contributed by atoms with Crippen LogP contribution in [-0.2, 0) is 30.4 Å². The molecule has 0 radical (unpaired) electrons. The first-order chi connectivity index (χ1) is 22.0. The van der Waals surface area contributed by atoms with Gasteiger partial charge < -0.3 is 33.4 Å². The van der Waals surface area contributed by atoms with Gasteiger partial charge in [-0.25, -0.2) is 0 Å². The van der Waals surface area contributed by atoms with Crippen molar-refractivity contribution in [3.8, 4) is 11.5 Å². The lowest BCUT2D eigenvalue weighted by Crippen LogP contribution is -2.55. The number of amides is 1. The molecule has 4 rings (SSSR count). The Balaban J connectivity index is 0.000000875. The lowest BCUT2D eigenvalue weighted by Gasteiger charge is -2.48. The van der Waals surface area contributed by atoms with Gasteiger partial charge >= 0.3 is 0 Å². The van der Waals surface area contributed by atoms with Crippen LogP contribution in [0.1, 0.15) is 69.4 Å². The van der Waals surface area contributed by atoms with Crippen LogP contribution in [-0.4, -0.2) is 62.8 Å². The first-order valence-corrected chi connectivity index (χ1v) is 16.0. The van der Waals surface area contributed by atoms with Crippen molar-refractivity contribution in [2.24, 2.45) is 0 Å². The Bertz CT molecular complexity index is 1410. The Labute approximate surface area is 282 Å². The molecular weight excluding hydrogens is 629 g/mol. The second kappa shape index (κ2) is 17.7. The van der Waals surface area contributed by atoms with Crippen LogP contribution in [0, 0.1) is 0 Å². The fourth-order valence-electron chi connectivity index (χ4n) is 5.03. The van der Waals surface area contributed by atoms with Crippen LogP contribution in [0.25, 0.3) is 0 Å². The van der Waals surface area contributed by atoms with Crippen LogP contribution in [0.2, 0.25) is 10.0 Å². The van der Waals surface area contributed by atoms with E-state index in [4.69, 9.17) is 46.9 Å². The molecule has 4 atom stereocenters. The summed E-state index contributed by atoms with van der Waals surface area (Å²) in [7, 11) is 4.88. The molecule has 1 fully saturated rings. The number of ether oxygens (including phenoxy) is 5. The van der Waals surface area contributed by atoms with E-state index in [1.165, 1.54) is 0 Å². The van der Waals surface area contributed by atoms with Crippen LogP contribution in [0.4, 0.5) is 0 Å². The Morgan fingerprint density at radius 2 is 1.59 bits per heavy atom.